The van der Waals surface area contributed by atoms with Crippen molar-refractivity contribution < 1.29 is 20.1 Å². The fourth-order valence-corrected chi connectivity index (χ4v) is 2.94. The van der Waals surface area contributed by atoms with Crippen molar-refractivity contribution in [2.75, 3.05) is 17.7 Å². The molecule has 0 amide bonds. The van der Waals surface area contributed by atoms with Gasteiger partial charge in [0.05, 0.1) is 19.3 Å². The number of aliphatic imine (C=N–C) groups is 1. The van der Waals surface area contributed by atoms with Crippen LogP contribution in [-0.4, -0.2) is 66.1 Å². The molecule has 0 aromatic carbocycles. The molecule has 2 aliphatic heterocycles. The van der Waals surface area contributed by atoms with Gasteiger partial charge in [0.1, 0.15) is 35.6 Å². The number of hydrogen-bond donors (Lipinski definition) is 7. The van der Waals surface area contributed by atoms with Gasteiger partial charge in [-0.05, 0) is 13.8 Å². The van der Waals surface area contributed by atoms with Gasteiger partial charge in [-0.1, -0.05) is 0 Å². The van der Waals surface area contributed by atoms with Crippen molar-refractivity contribution in [3.63, 3.8) is 0 Å². The van der Waals surface area contributed by atoms with Crippen molar-refractivity contribution in [1.82, 2.24) is 19.5 Å². The first kappa shape index (κ1) is 20.9. The standard InChI is InChI=1S/C11H17N5O4.C5H7N3O/c1-11(12)8-9(13-3-15-11)16(4-14-8)10-7(19)6(18)5(2-17)20-10;1-3-2-7-5(9)8-4(3)6/h3-7,10,17-19H,2,12H2,1H3,(H,13,15);2H,1H3,(H3,6,7,8,9)/t5-,6-,7-,10-,11?;/m1./s1. The fraction of sp³-hybridized carbons (Fsp3) is 0.500. The van der Waals surface area contributed by atoms with Crippen LogP contribution >= 0.6 is 0 Å². The van der Waals surface area contributed by atoms with Crippen molar-refractivity contribution in [3.05, 3.63) is 34.3 Å². The van der Waals surface area contributed by atoms with Crippen LogP contribution in [0.1, 0.15) is 24.4 Å². The fourth-order valence-electron chi connectivity index (χ4n) is 2.94. The van der Waals surface area contributed by atoms with Gasteiger partial charge in [0.25, 0.3) is 0 Å². The van der Waals surface area contributed by atoms with E-state index in [1.165, 1.54) is 23.4 Å². The SMILES string of the molecule is CC1(N)N=CNc2c1ncn2[C@@H]1O[C@H](CO)[C@@H](O)[C@H]1O.Cc1cnc(=O)[nH]c1N. The molecule has 5 atom stereocenters. The predicted octanol–water partition coefficient (Wildman–Crippen LogP) is -2.26. The Morgan fingerprint density at radius 1 is 1.34 bits per heavy atom. The van der Waals surface area contributed by atoms with Crippen LogP contribution in [0.15, 0.2) is 22.3 Å². The Morgan fingerprint density at radius 3 is 2.66 bits per heavy atom. The molecule has 2 aromatic heterocycles. The van der Waals surface area contributed by atoms with Gasteiger partial charge in [-0.25, -0.2) is 19.8 Å². The van der Waals surface area contributed by atoms with Crippen LogP contribution in [0.5, 0.6) is 0 Å². The van der Waals surface area contributed by atoms with Crippen LogP contribution in [0.4, 0.5) is 11.6 Å². The van der Waals surface area contributed by atoms with E-state index in [0.717, 1.165) is 5.56 Å². The van der Waals surface area contributed by atoms with Gasteiger partial charge >= 0.3 is 5.69 Å². The van der Waals surface area contributed by atoms with Crippen molar-refractivity contribution in [2.45, 2.75) is 44.1 Å². The molecule has 0 radical (unpaired) electrons. The van der Waals surface area contributed by atoms with E-state index in [-0.39, 0.29) is 6.61 Å². The summed E-state index contributed by atoms with van der Waals surface area (Å²) in [5.74, 6) is 0.926. The summed E-state index contributed by atoms with van der Waals surface area (Å²) < 4.78 is 7.00. The second-order valence-electron chi connectivity index (χ2n) is 6.91. The minimum Gasteiger partial charge on any atom is -0.394 e. The number of nitrogens with two attached hydrogens (primary N) is 2. The summed E-state index contributed by atoms with van der Waals surface area (Å²) in [6, 6.07) is 0. The quantitative estimate of drug-likeness (QED) is 0.283. The second kappa shape index (κ2) is 7.88. The Bertz CT molecular complexity index is 955. The number of hydrogen-bond acceptors (Lipinski definition) is 11. The van der Waals surface area contributed by atoms with Crippen LogP contribution < -0.4 is 22.5 Å². The summed E-state index contributed by atoms with van der Waals surface area (Å²) in [7, 11) is 0. The number of nitrogens with zero attached hydrogens (tertiary/aromatic N) is 4. The third-order valence-electron chi connectivity index (χ3n) is 4.64. The summed E-state index contributed by atoms with van der Waals surface area (Å²) in [6.07, 6.45) is 0.316. The molecule has 0 bridgehead atoms. The Morgan fingerprint density at radius 2 is 2.07 bits per heavy atom. The van der Waals surface area contributed by atoms with Crippen LogP contribution in [-0.2, 0) is 10.4 Å². The Balaban J connectivity index is 0.000000224. The molecule has 1 saturated heterocycles. The Labute approximate surface area is 165 Å². The van der Waals surface area contributed by atoms with Gasteiger partial charge in [-0.3, -0.25) is 9.55 Å². The number of aromatic nitrogens is 4. The second-order valence-corrected chi connectivity index (χ2v) is 6.91. The molecule has 1 fully saturated rings. The number of anilines is 2. The van der Waals surface area contributed by atoms with Crippen LogP contribution in [0, 0.1) is 6.92 Å². The molecular weight excluding hydrogens is 384 g/mol. The highest BCUT2D eigenvalue weighted by Crippen LogP contribution is 2.36. The molecule has 13 nitrogen and oxygen atoms in total. The lowest BCUT2D eigenvalue weighted by Crippen LogP contribution is -2.36. The summed E-state index contributed by atoms with van der Waals surface area (Å²) in [5, 5.41) is 31.8. The third kappa shape index (κ3) is 3.99. The van der Waals surface area contributed by atoms with Gasteiger partial charge in [0, 0.05) is 11.8 Å². The molecule has 0 saturated carbocycles. The normalized spacial score (nSPS) is 30.3. The first-order valence-electron chi connectivity index (χ1n) is 8.76. The molecule has 29 heavy (non-hydrogen) atoms. The largest absolute Gasteiger partial charge is 0.394 e. The zero-order valence-electron chi connectivity index (χ0n) is 15.9. The monoisotopic (exact) mass is 408 g/mol. The topological polar surface area (TPSA) is 210 Å². The minimum absolute atomic E-state index is 0.380. The molecule has 4 rings (SSSR count). The lowest BCUT2D eigenvalue weighted by Gasteiger charge is -2.25. The lowest BCUT2D eigenvalue weighted by molar-refractivity contribution is -0.0518. The predicted molar refractivity (Wildman–Crippen MR) is 103 cm³/mol. The molecule has 1 unspecified atom stereocenters. The number of aryl methyl sites for hydroxylation is 1. The molecule has 2 aromatic rings. The van der Waals surface area contributed by atoms with E-state index in [9.17, 15) is 15.0 Å². The van der Waals surface area contributed by atoms with E-state index in [1.54, 1.807) is 13.8 Å². The zero-order chi connectivity index (χ0) is 21.3. The van der Waals surface area contributed by atoms with Gasteiger partial charge in [-0.15, -0.1) is 0 Å². The minimum atomic E-state index is -1.17. The number of ether oxygens (including phenoxy) is 1. The number of imidazole rings is 1. The Kier molecular flexibility index (Phi) is 5.68. The number of H-pyrrole nitrogens is 1. The van der Waals surface area contributed by atoms with E-state index in [4.69, 9.17) is 21.3 Å². The highest BCUT2D eigenvalue weighted by molar-refractivity contribution is 5.78. The summed E-state index contributed by atoms with van der Waals surface area (Å²) in [6.45, 7) is 3.10. The van der Waals surface area contributed by atoms with Gasteiger partial charge in [0.2, 0.25) is 0 Å². The van der Waals surface area contributed by atoms with E-state index in [1.807, 2.05) is 0 Å². The lowest BCUT2D eigenvalue weighted by atomic mass is 10.1. The van der Waals surface area contributed by atoms with E-state index in [0.29, 0.717) is 17.3 Å². The van der Waals surface area contributed by atoms with Gasteiger partial charge < -0.3 is 36.8 Å². The maximum atomic E-state index is 10.4. The number of aromatic amines is 1. The van der Waals surface area contributed by atoms with Crippen LogP contribution in [0.25, 0.3) is 0 Å². The summed E-state index contributed by atoms with van der Waals surface area (Å²) in [4.78, 5) is 24.5. The molecule has 2 aliphatic rings. The van der Waals surface area contributed by atoms with Crippen molar-refractivity contribution in [1.29, 1.82) is 0 Å². The first-order valence-corrected chi connectivity index (χ1v) is 8.76. The van der Waals surface area contributed by atoms with Crippen molar-refractivity contribution in [3.8, 4) is 0 Å². The number of aliphatic hydroxyl groups is 3. The van der Waals surface area contributed by atoms with Crippen molar-refractivity contribution >= 4 is 18.0 Å². The smallest absolute Gasteiger partial charge is 0.346 e. The van der Waals surface area contributed by atoms with Gasteiger partial charge in [0.15, 0.2) is 11.9 Å². The van der Waals surface area contributed by atoms with Gasteiger partial charge in [-0.2, -0.15) is 0 Å². The average Bonchev–Trinajstić information content (AvgIpc) is 3.22. The number of nitrogens with one attached hydrogen (secondary N) is 2. The molecule has 0 aliphatic carbocycles. The average molecular weight is 408 g/mol. The molecule has 158 valence electrons. The Hall–Kier alpha value is -2.84. The maximum Gasteiger partial charge on any atom is 0.346 e. The third-order valence-corrected chi connectivity index (χ3v) is 4.64. The molecule has 9 N–H and O–H groups in total. The molecule has 13 heteroatoms. The van der Waals surface area contributed by atoms with Crippen molar-refractivity contribution in [2.24, 2.45) is 10.7 Å². The maximum absolute atomic E-state index is 10.4. The number of rotatable bonds is 2. The van der Waals surface area contributed by atoms with E-state index < -0.39 is 35.9 Å². The summed E-state index contributed by atoms with van der Waals surface area (Å²) >= 11 is 0. The van der Waals surface area contributed by atoms with Crippen LogP contribution in [0.3, 0.4) is 0 Å². The highest BCUT2D eigenvalue weighted by atomic mass is 16.6. The van der Waals surface area contributed by atoms with E-state index >= 15 is 0 Å². The zero-order valence-corrected chi connectivity index (χ0v) is 15.9. The molecule has 4 heterocycles. The number of aliphatic hydroxyl groups excluding tert-OH is 3. The molecular formula is C16H24N8O5. The summed E-state index contributed by atoms with van der Waals surface area (Å²) in [5.41, 5.74) is 11.3. The van der Waals surface area contributed by atoms with Crippen LogP contribution in [0.2, 0.25) is 0 Å². The first-order chi connectivity index (χ1) is 13.7. The number of nitrogen functional groups attached to an aromatic ring is 1. The highest BCUT2D eigenvalue weighted by Gasteiger charge is 2.45. The van der Waals surface area contributed by atoms with E-state index in [2.05, 4.69) is 25.3 Å². The molecule has 0 spiro atoms. The number of fused-ring (bicyclic) bond motifs is 1.